The Morgan fingerprint density at radius 3 is 2.28 bits per heavy atom. The van der Waals surface area contributed by atoms with Gasteiger partial charge in [0, 0.05) is 12.1 Å². The van der Waals surface area contributed by atoms with Gasteiger partial charge in [0.15, 0.2) is 6.10 Å². The Morgan fingerprint density at radius 2 is 1.72 bits per heavy atom. The lowest BCUT2D eigenvalue weighted by atomic mass is 10.1. The van der Waals surface area contributed by atoms with E-state index in [1.165, 1.54) is 11.0 Å². The first-order chi connectivity index (χ1) is 11.8. The van der Waals surface area contributed by atoms with Gasteiger partial charge in [-0.3, -0.25) is 4.79 Å². The molecule has 1 aromatic heterocycles. The molecule has 2 aromatic rings. The van der Waals surface area contributed by atoms with Crippen LogP contribution in [-0.2, 0) is 9.53 Å². The molecule has 1 amide bonds. The van der Waals surface area contributed by atoms with Crippen molar-refractivity contribution in [3.63, 3.8) is 0 Å². The summed E-state index contributed by atoms with van der Waals surface area (Å²) >= 11 is 0. The molecule has 0 aliphatic heterocycles. The van der Waals surface area contributed by atoms with Crippen molar-refractivity contribution in [3.8, 4) is 5.69 Å². The van der Waals surface area contributed by atoms with Crippen LogP contribution in [-0.4, -0.2) is 55.2 Å². The fraction of sp³-hybridized carbons (Fsp3) is 0.471. The van der Waals surface area contributed by atoms with Crippen molar-refractivity contribution < 1.29 is 14.3 Å². The van der Waals surface area contributed by atoms with Gasteiger partial charge in [0.1, 0.15) is 6.33 Å². The van der Waals surface area contributed by atoms with E-state index in [0.29, 0.717) is 5.69 Å². The predicted octanol–water partition coefficient (Wildman–Crippen LogP) is 1.85. The second-order valence-electron chi connectivity index (χ2n) is 6.25. The van der Waals surface area contributed by atoms with Gasteiger partial charge < -0.3 is 9.64 Å². The van der Waals surface area contributed by atoms with E-state index in [1.54, 1.807) is 36.1 Å². The van der Waals surface area contributed by atoms with Crippen LogP contribution in [0.1, 0.15) is 45.0 Å². The molecule has 1 heterocycles. The van der Waals surface area contributed by atoms with Crippen LogP contribution in [0.15, 0.2) is 30.6 Å². The minimum atomic E-state index is -0.890. The number of ether oxygens (including phenoxy) is 1. The topological polar surface area (TPSA) is 90.2 Å². The van der Waals surface area contributed by atoms with Crippen LogP contribution in [0.4, 0.5) is 0 Å². The first-order valence-electron chi connectivity index (χ1n) is 8.18. The lowest BCUT2D eigenvalue weighted by Gasteiger charge is -2.32. The Kier molecular flexibility index (Phi) is 5.84. The number of aromatic nitrogens is 4. The number of nitrogens with zero attached hydrogens (tertiary/aromatic N) is 5. The molecule has 0 N–H and O–H groups in total. The lowest BCUT2D eigenvalue weighted by molar-refractivity contribution is -0.143. The molecule has 8 nitrogen and oxygen atoms in total. The van der Waals surface area contributed by atoms with Crippen LogP contribution >= 0.6 is 0 Å². The third kappa shape index (κ3) is 4.20. The Balaban J connectivity index is 2.19. The third-order valence-electron chi connectivity index (χ3n) is 3.72. The van der Waals surface area contributed by atoms with E-state index in [-0.39, 0.29) is 23.6 Å². The molecule has 0 radical (unpaired) electrons. The maximum Gasteiger partial charge on any atom is 0.341 e. The number of hydrogen-bond donors (Lipinski definition) is 0. The smallest absolute Gasteiger partial charge is 0.341 e. The van der Waals surface area contributed by atoms with Crippen molar-refractivity contribution in [3.05, 3.63) is 36.2 Å². The van der Waals surface area contributed by atoms with Crippen molar-refractivity contribution in [1.82, 2.24) is 25.1 Å². The molecule has 1 unspecified atom stereocenters. The second kappa shape index (κ2) is 7.87. The van der Waals surface area contributed by atoms with Crippen LogP contribution in [0.25, 0.3) is 5.69 Å². The fourth-order valence-corrected chi connectivity index (χ4v) is 2.71. The van der Waals surface area contributed by atoms with Gasteiger partial charge in [0.05, 0.1) is 11.3 Å². The maximum absolute atomic E-state index is 12.6. The van der Waals surface area contributed by atoms with Crippen LogP contribution in [0, 0.1) is 0 Å². The Hall–Kier alpha value is -2.77. The number of tetrazole rings is 1. The number of rotatable bonds is 6. The highest BCUT2D eigenvalue weighted by Crippen LogP contribution is 2.16. The molecule has 8 heteroatoms. The van der Waals surface area contributed by atoms with E-state index in [1.807, 2.05) is 27.7 Å². The molecule has 0 bridgehead atoms. The molecular weight excluding hydrogens is 322 g/mol. The van der Waals surface area contributed by atoms with Crippen molar-refractivity contribution >= 4 is 11.9 Å². The quantitative estimate of drug-likeness (QED) is 0.742. The number of benzene rings is 1. The van der Waals surface area contributed by atoms with Gasteiger partial charge in [0.25, 0.3) is 5.91 Å². The molecule has 0 spiro atoms. The number of esters is 1. The van der Waals surface area contributed by atoms with E-state index < -0.39 is 12.1 Å². The van der Waals surface area contributed by atoms with Crippen molar-refractivity contribution in [2.75, 3.05) is 0 Å². The standard InChI is InChI=1S/C17H23N5O3/c1-11(2)22(12(3)4)16(23)13(5)25-17(24)14-8-6-7-9-15(14)21-10-18-19-20-21/h6-13H,1-5H3. The highest BCUT2D eigenvalue weighted by Gasteiger charge is 2.28. The summed E-state index contributed by atoms with van der Waals surface area (Å²) in [6, 6.07) is 6.82. The summed E-state index contributed by atoms with van der Waals surface area (Å²) in [6.07, 6.45) is 0.499. The first-order valence-corrected chi connectivity index (χ1v) is 8.18. The van der Waals surface area contributed by atoms with Gasteiger partial charge in [-0.2, -0.15) is 4.68 Å². The molecule has 0 aliphatic carbocycles. The van der Waals surface area contributed by atoms with Crippen molar-refractivity contribution in [2.45, 2.75) is 52.8 Å². The zero-order valence-corrected chi connectivity index (χ0v) is 15.1. The molecule has 0 aliphatic rings. The van der Waals surface area contributed by atoms with E-state index in [0.717, 1.165) is 0 Å². The zero-order chi connectivity index (χ0) is 18.6. The number of para-hydroxylation sites is 1. The summed E-state index contributed by atoms with van der Waals surface area (Å²) in [5.74, 6) is -0.822. The van der Waals surface area contributed by atoms with Crippen molar-refractivity contribution in [1.29, 1.82) is 0 Å². The number of carbonyl (C=O) groups excluding carboxylic acids is 2. The van der Waals surface area contributed by atoms with Crippen LogP contribution < -0.4 is 0 Å². The molecule has 0 fully saturated rings. The molecule has 0 saturated heterocycles. The minimum Gasteiger partial charge on any atom is -0.449 e. The van der Waals surface area contributed by atoms with Crippen LogP contribution in [0.5, 0.6) is 0 Å². The number of hydrogen-bond acceptors (Lipinski definition) is 6. The van der Waals surface area contributed by atoms with Gasteiger partial charge in [-0.1, -0.05) is 12.1 Å². The summed E-state index contributed by atoms with van der Waals surface area (Å²) in [6.45, 7) is 9.30. The number of amides is 1. The van der Waals surface area contributed by atoms with Gasteiger partial charge in [-0.15, -0.1) is 5.10 Å². The summed E-state index contributed by atoms with van der Waals surface area (Å²) in [5.41, 5.74) is 0.775. The fourth-order valence-electron chi connectivity index (χ4n) is 2.71. The minimum absolute atomic E-state index is 0.0159. The van der Waals surface area contributed by atoms with Gasteiger partial charge in [-0.25, -0.2) is 4.79 Å². The Labute approximate surface area is 146 Å². The van der Waals surface area contributed by atoms with Gasteiger partial charge in [0.2, 0.25) is 0 Å². The molecule has 1 atom stereocenters. The van der Waals surface area contributed by atoms with E-state index >= 15 is 0 Å². The molecule has 134 valence electrons. The monoisotopic (exact) mass is 345 g/mol. The van der Waals surface area contributed by atoms with Gasteiger partial charge in [-0.05, 0) is 57.2 Å². The highest BCUT2D eigenvalue weighted by molar-refractivity contribution is 5.95. The summed E-state index contributed by atoms with van der Waals surface area (Å²) in [4.78, 5) is 26.9. The second-order valence-corrected chi connectivity index (χ2v) is 6.25. The molecule has 2 rings (SSSR count). The Morgan fingerprint density at radius 1 is 1.08 bits per heavy atom. The van der Waals surface area contributed by atoms with Crippen molar-refractivity contribution in [2.24, 2.45) is 0 Å². The largest absolute Gasteiger partial charge is 0.449 e. The summed E-state index contributed by atoms with van der Waals surface area (Å²) < 4.78 is 6.78. The van der Waals surface area contributed by atoms with Crippen LogP contribution in [0.2, 0.25) is 0 Å². The average molecular weight is 345 g/mol. The predicted molar refractivity (Wildman–Crippen MR) is 91.1 cm³/mol. The summed E-state index contributed by atoms with van der Waals surface area (Å²) in [5, 5.41) is 10.9. The average Bonchev–Trinajstić information content (AvgIpc) is 3.08. The normalized spacial score (nSPS) is 12.3. The molecule has 1 aromatic carbocycles. The lowest BCUT2D eigenvalue weighted by Crippen LogP contribution is -2.47. The molecule has 0 saturated carbocycles. The summed E-state index contributed by atoms with van der Waals surface area (Å²) in [7, 11) is 0. The molecule has 25 heavy (non-hydrogen) atoms. The number of carbonyl (C=O) groups is 2. The maximum atomic E-state index is 12.6. The van der Waals surface area contributed by atoms with E-state index in [2.05, 4.69) is 15.5 Å². The van der Waals surface area contributed by atoms with E-state index in [4.69, 9.17) is 4.74 Å². The van der Waals surface area contributed by atoms with E-state index in [9.17, 15) is 9.59 Å². The highest BCUT2D eigenvalue weighted by atomic mass is 16.5. The first kappa shape index (κ1) is 18.6. The molecular formula is C17H23N5O3. The third-order valence-corrected chi connectivity index (χ3v) is 3.72. The van der Waals surface area contributed by atoms with Gasteiger partial charge >= 0.3 is 5.97 Å². The zero-order valence-electron chi connectivity index (χ0n) is 15.1. The van der Waals surface area contributed by atoms with Crippen LogP contribution in [0.3, 0.4) is 0 Å². The SMILES string of the molecule is CC(OC(=O)c1ccccc1-n1cnnn1)C(=O)N(C(C)C)C(C)C. The Bertz CT molecular complexity index is 720.